The predicted molar refractivity (Wildman–Crippen MR) is 87.7 cm³/mol. The number of carboxylic acid groups (broad SMARTS) is 1. The Labute approximate surface area is 132 Å². The van der Waals surface area contributed by atoms with Gasteiger partial charge in [-0.1, -0.05) is 56.2 Å². The van der Waals surface area contributed by atoms with E-state index in [0.29, 0.717) is 6.42 Å². The van der Waals surface area contributed by atoms with Crippen molar-refractivity contribution in [2.24, 2.45) is 0 Å². The lowest BCUT2D eigenvalue weighted by molar-refractivity contribution is -0.152. The second kappa shape index (κ2) is 14.0. The third kappa shape index (κ3) is 11.8. The molecule has 4 nitrogen and oxygen atoms in total. The van der Waals surface area contributed by atoms with E-state index in [1.54, 1.807) is 6.08 Å². The molecule has 0 aromatic rings. The number of carboxylic acids is 1. The Balaban J connectivity index is 3.62. The molecule has 4 heteroatoms. The first-order chi connectivity index (χ1) is 10.6. The zero-order valence-electron chi connectivity index (χ0n) is 13.3. The Morgan fingerprint density at radius 2 is 1.36 bits per heavy atom. The molecule has 22 heavy (non-hydrogen) atoms. The minimum absolute atomic E-state index is 0.0498. The average Bonchev–Trinajstić information content (AvgIpc) is 2.50. The number of rotatable bonds is 13. The van der Waals surface area contributed by atoms with Crippen LogP contribution >= 0.6 is 0 Å². The molecule has 0 atom stereocenters. The van der Waals surface area contributed by atoms with Gasteiger partial charge in [-0.05, 0) is 32.1 Å². The molecule has 0 saturated heterocycles. The minimum atomic E-state index is -1.68. The van der Waals surface area contributed by atoms with E-state index >= 15 is 0 Å². The van der Waals surface area contributed by atoms with E-state index in [1.165, 1.54) is 19.3 Å². The first-order valence-corrected chi connectivity index (χ1v) is 7.85. The monoisotopic (exact) mass is 306 g/mol. The Morgan fingerprint density at radius 1 is 0.818 bits per heavy atom. The maximum atomic E-state index is 11.1. The van der Waals surface area contributed by atoms with Gasteiger partial charge in [0.15, 0.2) is 0 Å². The van der Waals surface area contributed by atoms with Gasteiger partial charge >= 0.3 is 11.8 Å². The van der Waals surface area contributed by atoms with Gasteiger partial charge in [-0.2, -0.15) is 0 Å². The lowest BCUT2D eigenvalue weighted by Crippen LogP contribution is -2.22. The molecule has 122 valence electrons. The Morgan fingerprint density at radius 3 is 1.91 bits per heavy atom. The Kier molecular flexibility index (Phi) is 12.7. The van der Waals surface area contributed by atoms with Crippen LogP contribution in [0, 0.1) is 0 Å². The largest absolute Gasteiger partial charge is 0.475 e. The van der Waals surface area contributed by atoms with Crippen molar-refractivity contribution in [1.82, 2.24) is 0 Å². The third-order valence-corrected chi connectivity index (χ3v) is 3.00. The molecule has 0 aliphatic heterocycles. The molecule has 0 unspecified atom stereocenters. The predicted octanol–water partition coefficient (Wildman–Crippen LogP) is 4.02. The van der Waals surface area contributed by atoms with Crippen molar-refractivity contribution in [1.29, 1.82) is 0 Å². The summed E-state index contributed by atoms with van der Waals surface area (Å²) in [6.45, 7) is 2.19. The van der Waals surface area contributed by atoms with Crippen molar-refractivity contribution in [2.75, 3.05) is 0 Å². The van der Waals surface area contributed by atoms with E-state index in [4.69, 9.17) is 5.11 Å². The minimum Gasteiger partial charge on any atom is -0.475 e. The second-order valence-corrected chi connectivity index (χ2v) is 4.98. The lowest BCUT2D eigenvalue weighted by Gasteiger charge is -1.92. The van der Waals surface area contributed by atoms with Crippen molar-refractivity contribution in [2.45, 2.75) is 58.3 Å². The van der Waals surface area contributed by atoms with Gasteiger partial charge in [0.05, 0.1) is 0 Å². The zero-order chi connectivity index (χ0) is 16.6. The fourth-order valence-corrected chi connectivity index (χ4v) is 1.74. The highest BCUT2D eigenvalue weighted by Crippen LogP contribution is 2.01. The number of carbonyl (C=O) groups is 3. The van der Waals surface area contributed by atoms with E-state index in [0.717, 1.165) is 19.3 Å². The summed E-state index contributed by atoms with van der Waals surface area (Å²) in [6, 6.07) is 0. The molecule has 0 heterocycles. The van der Waals surface area contributed by atoms with Crippen LogP contribution in [0.3, 0.4) is 0 Å². The van der Waals surface area contributed by atoms with Gasteiger partial charge < -0.3 is 5.11 Å². The van der Waals surface area contributed by atoms with Gasteiger partial charge in [0.25, 0.3) is 0 Å². The molecule has 0 aromatic heterocycles. The van der Waals surface area contributed by atoms with Crippen molar-refractivity contribution < 1.29 is 19.5 Å². The smallest absolute Gasteiger partial charge is 0.380 e. The number of allylic oxidation sites excluding steroid dienone is 6. The first kappa shape index (κ1) is 20.0. The quantitative estimate of drug-likeness (QED) is 0.241. The second-order valence-electron chi connectivity index (χ2n) is 4.98. The fourth-order valence-electron chi connectivity index (χ4n) is 1.74. The van der Waals surface area contributed by atoms with Gasteiger partial charge in [-0.15, -0.1) is 0 Å². The summed E-state index contributed by atoms with van der Waals surface area (Å²) in [4.78, 5) is 32.2. The van der Waals surface area contributed by atoms with Crippen molar-refractivity contribution >= 4 is 17.5 Å². The van der Waals surface area contributed by atoms with Crippen molar-refractivity contribution in [3.8, 4) is 0 Å². The molecule has 0 rings (SSSR count). The lowest BCUT2D eigenvalue weighted by atomic mass is 10.1. The van der Waals surface area contributed by atoms with Crippen LogP contribution in [-0.4, -0.2) is 22.6 Å². The summed E-state index contributed by atoms with van der Waals surface area (Å²) in [6.07, 6.45) is 19.1. The summed E-state index contributed by atoms with van der Waals surface area (Å²) in [7, 11) is 0. The standard InChI is InChI=1S/C18H26O4/c1-2-3-4-5-6-7-8-9-10-11-12-13-14-15-16(19)17(20)18(21)22/h6-7,9-10,12-13H,2-5,8,11,14-15H2,1H3,(H,21,22). The molecule has 0 amide bonds. The number of carbonyl (C=O) groups excluding carboxylic acids is 2. The normalized spacial score (nSPS) is 11.7. The molecule has 1 N–H and O–H groups in total. The summed E-state index contributed by atoms with van der Waals surface area (Å²) in [5.74, 6) is -3.86. The highest BCUT2D eigenvalue weighted by molar-refractivity contribution is 6.61. The Hall–Kier alpha value is -1.97. The topological polar surface area (TPSA) is 71.4 Å². The Bertz CT molecular complexity index is 430. The van der Waals surface area contributed by atoms with Gasteiger partial charge in [0.2, 0.25) is 5.78 Å². The highest BCUT2D eigenvalue weighted by atomic mass is 16.4. The van der Waals surface area contributed by atoms with Gasteiger partial charge in [-0.25, -0.2) is 4.79 Å². The number of aliphatic carboxylic acids is 1. The van der Waals surface area contributed by atoms with E-state index in [9.17, 15) is 14.4 Å². The van der Waals surface area contributed by atoms with Gasteiger partial charge in [-0.3, -0.25) is 9.59 Å². The van der Waals surface area contributed by atoms with Crippen LogP contribution in [0.1, 0.15) is 58.3 Å². The maximum absolute atomic E-state index is 11.1. The molecule has 0 bridgehead atoms. The third-order valence-electron chi connectivity index (χ3n) is 3.00. The summed E-state index contributed by atoms with van der Waals surface area (Å²) >= 11 is 0. The SMILES string of the molecule is CCCCCC=CCC=CCC=CCCC(=O)C(=O)C(=O)O. The number of hydrogen-bond donors (Lipinski definition) is 1. The van der Waals surface area contributed by atoms with Crippen LogP contribution in [0.4, 0.5) is 0 Å². The van der Waals surface area contributed by atoms with Crippen LogP contribution in [0.2, 0.25) is 0 Å². The van der Waals surface area contributed by atoms with Gasteiger partial charge in [0, 0.05) is 6.42 Å². The van der Waals surface area contributed by atoms with E-state index < -0.39 is 17.5 Å². The van der Waals surface area contributed by atoms with Crippen LogP contribution in [0.25, 0.3) is 0 Å². The molecule has 0 saturated carbocycles. The van der Waals surface area contributed by atoms with Crippen molar-refractivity contribution in [3.05, 3.63) is 36.5 Å². The summed E-state index contributed by atoms with van der Waals surface area (Å²) in [5, 5.41) is 8.35. The summed E-state index contributed by atoms with van der Waals surface area (Å²) < 4.78 is 0. The van der Waals surface area contributed by atoms with Crippen molar-refractivity contribution in [3.63, 3.8) is 0 Å². The highest BCUT2D eigenvalue weighted by Gasteiger charge is 2.20. The number of hydrogen-bond acceptors (Lipinski definition) is 3. The zero-order valence-corrected chi connectivity index (χ0v) is 13.3. The fraction of sp³-hybridized carbons (Fsp3) is 0.500. The first-order valence-electron chi connectivity index (χ1n) is 7.85. The molecule has 0 aliphatic rings. The maximum Gasteiger partial charge on any atom is 0.380 e. The van der Waals surface area contributed by atoms with Crippen LogP contribution in [0.15, 0.2) is 36.5 Å². The van der Waals surface area contributed by atoms with E-state index in [2.05, 4.69) is 25.2 Å². The van der Waals surface area contributed by atoms with Crippen LogP contribution < -0.4 is 0 Å². The molecule has 0 spiro atoms. The number of ketones is 2. The van der Waals surface area contributed by atoms with Gasteiger partial charge in [0.1, 0.15) is 0 Å². The number of unbranched alkanes of at least 4 members (excludes halogenated alkanes) is 3. The van der Waals surface area contributed by atoms with Crippen LogP contribution in [0.5, 0.6) is 0 Å². The van der Waals surface area contributed by atoms with Crippen LogP contribution in [-0.2, 0) is 14.4 Å². The summed E-state index contributed by atoms with van der Waals surface area (Å²) in [5.41, 5.74) is 0. The molecule has 0 aliphatic carbocycles. The average molecular weight is 306 g/mol. The molecular formula is C18H26O4. The number of Topliss-reactive ketones (excluding diaryl/α,β-unsaturated/α-hetero) is 2. The molecule has 0 radical (unpaired) electrons. The van der Waals surface area contributed by atoms with E-state index in [-0.39, 0.29) is 6.42 Å². The molecular weight excluding hydrogens is 280 g/mol. The molecule has 0 aromatic carbocycles. The van der Waals surface area contributed by atoms with E-state index in [1.807, 2.05) is 12.2 Å². The molecule has 0 fully saturated rings.